The van der Waals surface area contributed by atoms with Gasteiger partial charge in [0.25, 0.3) is 5.91 Å². The Labute approximate surface area is 182 Å². The average molecular weight is 423 g/mol. The maximum absolute atomic E-state index is 12.8. The standard InChI is InChI=1S/C24H30N4O3/c1-4-31-15-9-14-25-22(29)16-28-21-13-8-7-12-20(21)27-23(28)18(3)26-24(30)19-11-6-5-10-17(19)2/h5-8,10-13,18H,4,9,14-16H2,1-3H3,(H,25,29)(H,26,30). The highest BCUT2D eigenvalue weighted by atomic mass is 16.5. The number of para-hydroxylation sites is 2. The molecule has 0 radical (unpaired) electrons. The number of carbonyl (C=O) groups is 2. The number of aromatic nitrogens is 2. The molecular weight excluding hydrogens is 392 g/mol. The fourth-order valence-electron chi connectivity index (χ4n) is 3.50. The number of ether oxygens (including phenoxy) is 1. The van der Waals surface area contributed by atoms with Crippen molar-refractivity contribution in [3.8, 4) is 0 Å². The van der Waals surface area contributed by atoms with Crippen molar-refractivity contribution in [2.75, 3.05) is 19.8 Å². The Morgan fingerprint density at radius 1 is 1.13 bits per heavy atom. The molecule has 0 aliphatic rings. The van der Waals surface area contributed by atoms with Crippen LogP contribution in [-0.2, 0) is 16.1 Å². The lowest BCUT2D eigenvalue weighted by molar-refractivity contribution is -0.121. The van der Waals surface area contributed by atoms with E-state index in [1.807, 2.05) is 67.8 Å². The third kappa shape index (κ3) is 5.70. The first-order valence-electron chi connectivity index (χ1n) is 10.7. The van der Waals surface area contributed by atoms with Crippen molar-refractivity contribution in [1.29, 1.82) is 0 Å². The Bertz CT molecular complexity index is 1040. The molecule has 1 aromatic heterocycles. The minimum atomic E-state index is -0.370. The number of imidazole rings is 1. The zero-order valence-corrected chi connectivity index (χ0v) is 18.4. The number of rotatable bonds is 10. The van der Waals surface area contributed by atoms with E-state index in [0.717, 1.165) is 23.0 Å². The normalized spacial score (nSPS) is 12.0. The van der Waals surface area contributed by atoms with Gasteiger partial charge in [0.05, 0.1) is 17.1 Å². The summed E-state index contributed by atoms with van der Waals surface area (Å²) in [6.07, 6.45) is 0.764. The average Bonchev–Trinajstić information content (AvgIpc) is 3.12. The van der Waals surface area contributed by atoms with Gasteiger partial charge in [0.2, 0.25) is 5.91 Å². The highest BCUT2D eigenvalue weighted by molar-refractivity contribution is 5.95. The molecule has 0 spiro atoms. The van der Waals surface area contributed by atoms with Crippen molar-refractivity contribution in [2.45, 2.75) is 39.8 Å². The molecule has 2 aromatic carbocycles. The molecule has 7 heteroatoms. The summed E-state index contributed by atoms with van der Waals surface area (Å²) in [4.78, 5) is 30.1. The minimum absolute atomic E-state index is 0.0988. The van der Waals surface area contributed by atoms with Crippen LogP contribution in [0.2, 0.25) is 0 Å². The van der Waals surface area contributed by atoms with Crippen LogP contribution in [0, 0.1) is 6.92 Å². The first kappa shape index (κ1) is 22.5. The van der Waals surface area contributed by atoms with Crippen LogP contribution in [0.25, 0.3) is 11.0 Å². The Morgan fingerprint density at radius 2 is 1.87 bits per heavy atom. The number of nitrogens with zero attached hydrogens (tertiary/aromatic N) is 2. The van der Waals surface area contributed by atoms with Crippen LogP contribution in [0.3, 0.4) is 0 Å². The van der Waals surface area contributed by atoms with Crippen LogP contribution >= 0.6 is 0 Å². The summed E-state index contributed by atoms with van der Waals surface area (Å²) < 4.78 is 7.18. The number of carbonyl (C=O) groups excluding carboxylic acids is 2. The molecule has 3 rings (SSSR count). The molecule has 0 saturated carbocycles. The second-order valence-electron chi connectivity index (χ2n) is 7.46. The molecule has 0 aliphatic heterocycles. The Hall–Kier alpha value is -3.19. The van der Waals surface area contributed by atoms with E-state index in [1.165, 1.54) is 0 Å². The van der Waals surface area contributed by atoms with E-state index in [9.17, 15) is 9.59 Å². The first-order valence-corrected chi connectivity index (χ1v) is 10.7. The Kier molecular flexibility index (Phi) is 7.78. The molecule has 2 amide bonds. The summed E-state index contributed by atoms with van der Waals surface area (Å²) in [6, 6.07) is 14.8. The zero-order chi connectivity index (χ0) is 22.2. The highest BCUT2D eigenvalue weighted by Crippen LogP contribution is 2.21. The summed E-state index contributed by atoms with van der Waals surface area (Å²) in [5, 5.41) is 5.95. The van der Waals surface area contributed by atoms with E-state index in [0.29, 0.717) is 31.1 Å². The van der Waals surface area contributed by atoms with Gasteiger partial charge < -0.3 is 19.9 Å². The van der Waals surface area contributed by atoms with Crippen LogP contribution in [0.5, 0.6) is 0 Å². The fourth-order valence-corrected chi connectivity index (χ4v) is 3.50. The summed E-state index contributed by atoms with van der Waals surface area (Å²) >= 11 is 0. The number of hydrogen-bond acceptors (Lipinski definition) is 4. The van der Waals surface area contributed by atoms with Gasteiger partial charge in [-0.15, -0.1) is 0 Å². The monoisotopic (exact) mass is 422 g/mol. The lowest BCUT2D eigenvalue weighted by Crippen LogP contribution is -2.32. The topological polar surface area (TPSA) is 85.2 Å². The fraction of sp³-hybridized carbons (Fsp3) is 0.375. The van der Waals surface area contributed by atoms with Gasteiger partial charge in [0, 0.05) is 25.3 Å². The molecule has 0 saturated heterocycles. The molecule has 164 valence electrons. The zero-order valence-electron chi connectivity index (χ0n) is 18.4. The largest absolute Gasteiger partial charge is 0.382 e. The molecule has 31 heavy (non-hydrogen) atoms. The van der Waals surface area contributed by atoms with Gasteiger partial charge in [0.1, 0.15) is 12.4 Å². The number of aryl methyl sites for hydroxylation is 1. The molecule has 7 nitrogen and oxygen atoms in total. The molecule has 1 unspecified atom stereocenters. The molecule has 0 bridgehead atoms. The van der Waals surface area contributed by atoms with Crippen LogP contribution in [0.15, 0.2) is 48.5 Å². The SMILES string of the molecule is CCOCCCNC(=O)Cn1c(C(C)NC(=O)c2ccccc2C)nc2ccccc21. The van der Waals surface area contributed by atoms with Crippen LogP contribution in [0.4, 0.5) is 0 Å². The second kappa shape index (κ2) is 10.7. The van der Waals surface area contributed by atoms with Crippen molar-refractivity contribution in [3.63, 3.8) is 0 Å². The molecule has 0 fully saturated rings. The first-order chi connectivity index (χ1) is 15.0. The van der Waals surface area contributed by atoms with Gasteiger partial charge in [-0.2, -0.15) is 0 Å². The quantitative estimate of drug-likeness (QED) is 0.491. The summed E-state index contributed by atoms with van der Waals surface area (Å²) in [6.45, 7) is 7.72. The van der Waals surface area contributed by atoms with Gasteiger partial charge >= 0.3 is 0 Å². The lowest BCUT2D eigenvalue weighted by Gasteiger charge is -2.17. The predicted molar refractivity (Wildman–Crippen MR) is 121 cm³/mol. The lowest BCUT2D eigenvalue weighted by atomic mass is 10.1. The molecule has 3 aromatic rings. The van der Waals surface area contributed by atoms with E-state index in [-0.39, 0.29) is 24.4 Å². The van der Waals surface area contributed by atoms with Crippen molar-refractivity contribution in [1.82, 2.24) is 20.2 Å². The summed E-state index contributed by atoms with van der Waals surface area (Å²) in [5.41, 5.74) is 3.19. The molecule has 1 heterocycles. The predicted octanol–water partition coefficient (Wildman–Crippen LogP) is 3.38. The molecular formula is C24H30N4O3. The van der Waals surface area contributed by atoms with Gasteiger partial charge in [-0.25, -0.2) is 4.98 Å². The van der Waals surface area contributed by atoms with Crippen LogP contribution in [0.1, 0.15) is 48.1 Å². The molecule has 1 atom stereocenters. The number of fused-ring (bicyclic) bond motifs is 1. The Balaban J connectivity index is 1.76. The van der Waals surface area contributed by atoms with Crippen molar-refractivity contribution in [3.05, 3.63) is 65.5 Å². The van der Waals surface area contributed by atoms with E-state index >= 15 is 0 Å². The van der Waals surface area contributed by atoms with Gasteiger partial charge in [-0.05, 0) is 51.0 Å². The van der Waals surface area contributed by atoms with Crippen LogP contribution in [-0.4, -0.2) is 41.1 Å². The third-order valence-corrected chi connectivity index (χ3v) is 5.10. The smallest absolute Gasteiger partial charge is 0.252 e. The van der Waals surface area contributed by atoms with Crippen LogP contribution < -0.4 is 10.6 Å². The number of amides is 2. The maximum atomic E-state index is 12.8. The Morgan fingerprint density at radius 3 is 2.65 bits per heavy atom. The maximum Gasteiger partial charge on any atom is 0.252 e. The molecule has 0 aliphatic carbocycles. The minimum Gasteiger partial charge on any atom is -0.382 e. The van der Waals surface area contributed by atoms with Crippen molar-refractivity contribution >= 4 is 22.8 Å². The third-order valence-electron chi connectivity index (χ3n) is 5.10. The van der Waals surface area contributed by atoms with Gasteiger partial charge in [0.15, 0.2) is 0 Å². The number of nitrogens with one attached hydrogen (secondary N) is 2. The van der Waals surface area contributed by atoms with Crippen molar-refractivity contribution in [2.24, 2.45) is 0 Å². The van der Waals surface area contributed by atoms with E-state index in [4.69, 9.17) is 9.72 Å². The van der Waals surface area contributed by atoms with E-state index in [2.05, 4.69) is 10.6 Å². The summed E-state index contributed by atoms with van der Waals surface area (Å²) in [7, 11) is 0. The van der Waals surface area contributed by atoms with E-state index in [1.54, 1.807) is 6.07 Å². The highest BCUT2D eigenvalue weighted by Gasteiger charge is 2.21. The number of benzene rings is 2. The number of hydrogen-bond donors (Lipinski definition) is 2. The van der Waals surface area contributed by atoms with Gasteiger partial charge in [-0.1, -0.05) is 30.3 Å². The summed E-state index contributed by atoms with van der Waals surface area (Å²) in [5.74, 6) is 0.385. The van der Waals surface area contributed by atoms with Gasteiger partial charge in [-0.3, -0.25) is 9.59 Å². The second-order valence-corrected chi connectivity index (χ2v) is 7.46. The molecule has 2 N–H and O–H groups in total. The van der Waals surface area contributed by atoms with Crippen molar-refractivity contribution < 1.29 is 14.3 Å². The van der Waals surface area contributed by atoms with E-state index < -0.39 is 0 Å².